The van der Waals surface area contributed by atoms with Crippen LogP contribution in [0.2, 0.25) is 0 Å². The van der Waals surface area contributed by atoms with E-state index in [0.29, 0.717) is 11.4 Å². The van der Waals surface area contributed by atoms with Crippen LogP contribution in [-0.4, -0.2) is 34.2 Å². The molecule has 0 fully saturated rings. The Balaban J connectivity index is 1.92. The number of nitrogens with one attached hydrogen (secondary N) is 2. The first-order chi connectivity index (χ1) is 13.1. The van der Waals surface area contributed by atoms with Crippen molar-refractivity contribution in [2.75, 3.05) is 19.8 Å². The Morgan fingerprint density at radius 3 is 2.29 bits per heavy atom. The molecule has 2 aromatic carbocycles. The predicted molar refractivity (Wildman–Crippen MR) is 116 cm³/mol. The number of aliphatic imine (C=N–C) groups is 1. The van der Waals surface area contributed by atoms with Crippen LogP contribution in [0.5, 0.6) is 0 Å². The minimum absolute atomic E-state index is 0.0761. The van der Waals surface area contributed by atoms with Gasteiger partial charge in [-0.05, 0) is 41.5 Å². The molecule has 5 nitrogen and oxygen atoms in total. The van der Waals surface area contributed by atoms with Crippen LogP contribution in [0.3, 0.4) is 0 Å². The van der Waals surface area contributed by atoms with Gasteiger partial charge in [0.2, 0.25) is 0 Å². The fourth-order valence-corrected chi connectivity index (χ4v) is 4.14. The Kier molecular flexibility index (Phi) is 7.24. The highest BCUT2D eigenvalue weighted by molar-refractivity contribution is 7.90. The van der Waals surface area contributed by atoms with Crippen LogP contribution < -0.4 is 10.6 Å². The summed E-state index contributed by atoms with van der Waals surface area (Å²) in [7, 11) is -1.45. The van der Waals surface area contributed by atoms with Gasteiger partial charge in [0.1, 0.15) is 0 Å². The third-order valence-corrected chi connectivity index (χ3v) is 5.84. The van der Waals surface area contributed by atoms with Gasteiger partial charge >= 0.3 is 0 Å². The number of sulfone groups is 1. The van der Waals surface area contributed by atoms with Gasteiger partial charge < -0.3 is 10.6 Å². The van der Waals surface area contributed by atoms with Gasteiger partial charge in [0.25, 0.3) is 0 Å². The maximum atomic E-state index is 11.7. The lowest BCUT2D eigenvalue weighted by atomic mass is 9.86. The summed E-state index contributed by atoms with van der Waals surface area (Å²) in [5, 5.41) is 6.69. The van der Waals surface area contributed by atoms with Crippen molar-refractivity contribution in [1.29, 1.82) is 0 Å². The number of guanidine groups is 1. The summed E-state index contributed by atoms with van der Waals surface area (Å²) in [6.07, 6.45) is 2.21. The molecule has 0 aliphatic carbocycles. The van der Waals surface area contributed by atoms with Gasteiger partial charge in [0.05, 0.1) is 4.90 Å². The minimum Gasteiger partial charge on any atom is -0.356 e. The quantitative estimate of drug-likeness (QED) is 0.551. The first-order valence-electron chi connectivity index (χ1n) is 9.39. The standard InChI is InChI=1S/C22H31N3O2S/c1-17-13-19(11-12-20(17)28(5,26)27)15-24-21(23-4)25-16-22(2,3)14-18-9-7-6-8-10-18/h6-13H,14-16H2,1-5H3,(H2,23,24,25). The van der Waals surface area contributed by atoms with Gasteiger partial charge in [-0.25, -0.2) is 8.42 Å². The fraction of sp³-hybridized carbons (Fsp3) is 0.409. The van der Waals surface area contributed by atoms with E-state index in [1.54, 1.807) is 13.1 Å². The Morgan fingerprint density at radius 1 is 1.04 bits per heavy atom. The number of rotatable bonds is 7. The van der Waals surface area contributed by atoms with E-state index in [9.17, 15) is 8.42 Å². The van der Waals surface area contributed by atoms with Crippen molar-refractivity contribution in [2.24, 2.45) is 10.4 Å². The molecule has 0 saturated carbocycles. The molecule has 0 spiro atoms. The van der Waals surface area contributed by atoms with Crippen LogP contribution in [0.1, 0.15) is 30.5 Å². The Hall–Kier alpha value is -2.34. The van der Waals surface area contributed by atoms with Crippen molar-refractivity contribution in [3.63, 3.8) is 0 Å². The smallest absolute Gasteiger partial charge is 0.191 e. The second kappa shape index (κ2) is 9.24. The number of benzene rings is 2. The van der Waals surface area contributed by atoms with Gasteiger partial charge in [-0.15, -0.1) is 0 Å². The number of nitrogens with zero attached hydrogens (tertiary/aromatic N) is 1. The molecule has 0 unspecified atom stereocenters. The molecule has 0 bridgehead atoms. The molecule has 152 valence electrons. The van der Waals surface area contributed by atoms with Crippen molar-refractivity contribution in [3.8, 4) is 0 Å². The Morgan fingerprint density at radius 2 is 1.71 bits per heavy atom. The zero-order valence-corrected chi connectivity index (χ0v) is 18.2. The zero-order chi connectivity index (χ0) is 20.8. The first kappa shape index (κ1) is 22.0. The van der Waals surface area contributed by atoms with Gasteiger partial charge in [-0.2, -0.15) is 0 Å². The Labute approximate surface area is 169 Å². The summed E-state index contributed by atoms with van der Waals surface area (Å²) in [6.45, 7) is 7.64. The summed E-state index contributed by atoms with van der Waals surface area (Å²) in [4.78, 5) is 4.67. The minimum atomic E-state index is -3.19. The molecule has 0 atom stereocenters. The van der Waals surface area contributed by atoms with Crippen LogP contribution in [0, 0.1) is 12.3 Å². The van der Waals surface area contributed by atoms with Gasteiger partial charge in [-0.1, -0.05) is 56.3 Å². The lowest BCUT2D eigenvalue weighted by Gasteiger charge is -2.26. The fourth-order valence-electron chi connectivity index (χ4n) is 3.18. The molecule has 2 rings (SSSR count). The summed E-state index contributed by atoms with van der Waals surface area (Å²) in [5.41, 5.74) is 3.16. The van der Waals surface area contributed by atoms with Crippen LogP contribution in [-0.2, 0) is 22.8 Å². The van der Waals surface area contributed by atoms with Crippen molar-refractivity contribution in [2.45, 2.75) is 38.6 Å². The topological polar surface area (TPSA) is 70.6 Å². The van der Waals surface area contributed by atoms with Crippen molar-refractivity contribution in [3.05, 3.63) is 65.2 Å². The average molecular weight is 402 g/mol. The molecule has 0 aliphatic rings. The molecule has 0 aliphatic heterocycles. The third-order valence-electron chi connectivity index (χ3n) is 4.58. The largest absolute Gasteiger partial charge is 0.356 e. The number of aryl methyl sites for hydroxylation is 1. The predicted octanol–water partition coefficient (Wildman–Crippen LogP) is 3.33. The summed E-state index contributed by atoms with van der Waals surface area (Å²) in [6, 6.07) is 15.9. The van der Waals surface area contributed by atoms with E-state index in [0.717, 1.165) is 30.1 Å². The normalized spacial score (nSPS) is 12.7. The summed E-state index contributed by atoms with van der Waals surface area (Å²) in [5.74, 6) is 0.728. The highest BCUT2D eigenvalue weighted by atomic mass is 32.2. The second-order valence-corrected chi connectivity index (χ2v) is 9.96. The zero-order valence-electron chi connectivity index (χ0n) is 17.4. The van der Waals surface area contributed by atoms with Crippen LogP contribution in [0.4, 0.5) is 0 Å². The van der Waals surface area contributed by atoms with E-state index in [1.165, 1.54) is 11.8 Å². The van der Waals surface area contributed by atoms with E-state index in [4.69, 9.17) is 0 Å². The number of hydrogen-bond donors (Lipinski definition) is 2. The van der Waals surface area contributed by atoms with E-state index in [2.05, 4.69) is 53.7 Å². The van der Waals surface area contributed by atoms with Crippen LogP contribution in [0.25, 0.3) is 0 Å². The molecule has 2 aromatic rings. The molecule has 0 radical (unpaired) electrons. The van der Waals surface area contributed by atoms with Crippen LogP contribution in [0.15, 0.2) is 58.4 Å². The maximum Gasteiger partial charge on any atom is 0.191 e. The lowest BCUT2D eigenvalue weighted by Crippen LogP contribution is -2.42. The number of hydrogen-bond acceptors (Lipinski definition) is 3. The highest BCUT2D eigenvalue weighted by Gasteiger charge is 2.19. The van der Waals surface area contributed by atoms with Crippen molar-refractivity contribution >= 4 is 15.8 Å². The monoisotopic (exact) mass is 401 g/mol. The lowest BCUT2D eigenvalue weighted by molar-refractivity contribution is 0.359. The third kappa shape index (κ3) is 6.68. The molecule has 0 aromatic heterocycles. The van der Waals surface area contributed by atoms with Crippen molar-refractivity contribution < 1.29 is 8.42 Å². The highest BCUT2D eigenvalue weighted by Crippen LogP contribution is 2.20. The molecular weight excluding hydrogens is 370 g/mol. The van der Waals surface area contributed by atoms with Crippen LogP contribution >= 0.6 is 0 Å². The SMILES string of the molecule is CN=C(NCc1ccc(S(C)(=O)=O)c(C)c1)NCC(C)(C)Cc1ccccc1. The Bertz CT molecular complexity index is 920. The summed E-state index contributed by atoms with van der Waals surface area (Å²) >= 11 is 0. The maximum absolute atomic E-state index is 11.7. The van der Waals surface area contributed by atoms with Gasteiger partial charge in [0.15, 0.2) is 15.8 Å². The van der Waals surface area contributed by atoms with E-state index >= 15 is 0 Å². The molecule has 6 heteroatoms. The summed E-state index contributed by atoms with van der Waals surface area (Å²) < 4.78 is 23.5. The molecular formula is C22H31N3O2S. The first-order valence-corrected chi connectivity index (χ1v) is 11.3. The molecule has 0 heterocycles. The molecule has 2 N–H and O–H groups in total. The second-order valence-electron chi connectivity index (χ2n) is 7.98. The molecule has 0 saturated heterocycles. The van der Waals surface area contributed by atoms with E-state index < -0.39 is 9.84 Å². The molecule has 0 amide bonds. The van der Waals surface area contributed by atoms with E-state index in [1.807, 2.05) is 25.1 Å². The van der Waals surface area contributed by atoms with Crippen molar-refractivity contribution in [1.82, 2.24) is 10.6 Å². The average Bonchev–Trinajstić information content (AvgIpc) is 2.61. The molecule has 28 heavy (non-hydrogen) atoms. The van der Waals surface area contributed by atoms with E-state index in [-0.39, 0.29) is 5.41 Å². The van der Waals surface area contributed by atoms with Gasteiger partial charge in [-0.3, -0.25) is 4.99 Å². The van der Waals surface area contributed by atoms with Gasteiger partial charge in [0, 0.05) is 26.4 Å².